The molecule has 2 amide bonds. The standard InChI is InChI=1S/C17H17FN2O2S/c1-11-10-12(18)6-7-13(11)19-16(21)14-4-2-8-20(14)17(22)15-5-3-9-23-15/h3,5-7,9-10,14H,2,4,8H2,1H3,(H,19,21)/t14-/m0/s1. The van der Waals surface area contributed by atoms with E-state index in [1.54, 1.807) is 24.0 Å². The van der Waals surface area contributed by atoms with E-state index in [4.69, 9.17) is 0 Å². The Morgan fingerprint density at radius 3 is 2.87 bits per heavy atom. The number of rotatable bonds is 3. The Morgan fingerprint density at radius 1 is 1.35 bits per heavy atom. The molecule has 0 aliphatic carbocycles. The van der Waals surface area contributed by atoms with Crippen molar-refractivity contribution in [3.05, 3.63) is 52.0 Å². The Kier molecular flexibility index (Phi) is 4.43. The van der Waals surface area contributed by atoms with Crippen molar-refractivity contribution < 1.29 is 14.0 Å². The van der Waals surface area contributed by atoms with Gasteiger partial charge in [-0.15, -0.1) is 11.3 Å². The van der Waals surface area contributed by atoms with Gasteiger partial charge in [-0.2, -0.15) is 0 Å². The van der Waals surface area contributed by atoms with Crippen molar-refractivity contribution in [1.29, 1.82) is 0 Å². The summed E-state index contributed by atoms with van der Waals surface area (Å²) >= 11 is 1.38. The topological polar surface area (TPSA) is 49.4 Å². The number of aryl methyl sites for hydroxylation is 1. The van der Waals surface area contributed by atoms with Crippen molar-refractivity contribution in [3.8, 4) is 0 Å². The molecular weight excluding hydrogens is 315 g/mol. The van der Waals surface area contributed by atoms with Gasteiger partial charge in [-0.05, 0) is 55.0 Å². The molecule has 6 heteroatoms. The van der Waals surface area contributed by atoms with E-state index in [-0.39, 0.29) is 17.6 Å². The van der Waals surface area contributed by atoms with E-state index >= 15 is 0 Å². The van der Waals surface area contributed by atoms with Crippen LogP contribution in [0, 0.1) is 12.7 Å². The van der Waals surface area contributed by atoms with Crippen molar-refractivity contribution in [2.45, 2.75) is 25.8 Å². The first-order valence-electron chi connectivity index (χ1n) is 7.48. The first-order valence-corrected chi connectivity index (χ1v) is 8.36. The summed E-state index contributed by atoms with van der Waals surface area (Å²) in [5.41, 5.74) is 1.24. The number of amides is 2. The number of thiophene rings is 1. The van der Waals surface area contributed by atoms with Crippen LogP contribution in [0.3, 0.4) is 0 Å². The minimum Gasteiger partial charge on any atom is -0.326 e. The van der Waals surface area contributed by atoms with Gasteiger partial charge in [-0.3, -0.25) is 9.59 Å². The zero-order valence-electron chi connectivity index (χ0n) is 12.7. The lowest BCUT2D eigenvalue weighted by Crippen LogP contribution is -2.43. The summed E-state index contributed by atoms with van der Waals surface area (Å²) in [5.74, 6) is -0.661. The fourth-order valence-electron chi connectivity index (χ4n) is 2.81. The van der Waals surface area contributed by atoms with Crippen LogP contribution in [0.25, 0.3) is 0 Å². The van der Waals surface area contributed by atoms with E-state index < -0.39 is 6.04 Å². The van der Waals surface area contributed by atoms with Crippen molar-refractivity contribution in [1.82, 2.24) is 4.90 Å². The molecule has 1 fully saturated rings. The van der Waals surface area contributed by atoms with Gasteiger partial charge in [-0.25, -0.2) is 4.39 Å². The van der Waals surface area contributed by atoms with E-state index in [1.165, 1.54) is 23.5 Å². The number of nitrogens with one attached hydrogen (secondary N) is 1. The van der Waals surface area contributed by atoms with Crippen LogP contribution in [0.15, 0.2) is 35.7 Å². The SMILES string of the molecule is Cc1cc(F)ccc1NC(=O)[C@@H]1CCCN1C(=O)c1cccs1. The molecule has 1 aromatic heterocycles. The first-order chi connectivity index (χ1) is 11.1. The monoisotopic (exact) mass is 332 g/mol. The number of carbonyl (C=O) groups is 2. The summed E-state index contributed by atoms with van der Waals surface area (Å²) in [4.78, 5) is 27.3. The second-order valence-electron chi connectivity index (χ2n) is 5.58. The van der Waals surface area contributed by atoms with Gasteiger partial charge in [0.25, 0.3) is 5.91 Å². The minimum absolute atomic E-state index is 0.103. The van der Waals surface area contributed by atoms with Gasteiger partial charge >= 0.3 is 0 Å². The second-order valence-corrected chi connectivity index (χ2v) is 6.53. The molecule has 0 spiro atoms. The zero-order chi connectivity index (χ0) is 16.4. The van der Waals surface area contributed by atoms with Crippen molar-refractivity contribution in [2.24, 2.45) is 0 Å². The number of hydrogen-bond donors (Lipinski definition) is 1. The maximum Gasteiger partial charge on any atom is 0.264 e. The third kappa shape index (κ3) is 3.27. The molecule has 0 saturated carbocycles. The molecule has 23 heavy (non-hydrogen) atoms. The van der Waals surface area contributed by atoms with Gasteiger partial charge in [0.05, 0.1) is 4.88 Å². The first kappa shape index (κ1) is 15.7. The number of likely N-dealkylation sites (tertiary alicyclic amines) is 1. The molecule has 0 radical (unpaired) electrons. The molecule has 1 aromatic carbocycles. The van der Waals surface area contributed by atoms with Crippen LogP contribution in [-0.4, -0.2) is 29.3 Å². The van der Waals surface area contributed by atoms with Gasteiger partial charge in [0.2, 0.25) is 5.91 Å². The maximum absolute atomic E-state index is 13.1. The molecule has 1 atom stereocenters. The molecule has 2 heterocycles. The van der Waals surface area contributed by atoms with E-state index in [0.29, 0.717) is 29.1 Å². The van der Waals surface area contributed by atoms with Crippen LogP contribution in [-0.2, 0) is 4.79 Å². The third-order valence-corrected chi connectivity index (χ3v) is 4.85. The lowest BCUT2D eigenvalue weighted by atomic mass is 10.1. The predicted molar refractivity (Wildman–Crippen MR) is 88.1 cm³/mol. The number of halogens is 1. The van der Waals surface area contributed by atoms with Crippen LogP contribution in [0.2, 0.25) is 0 Å². The summed E-state index contributed by atoms with van der Waals surface area (Å²) in [6, 6.07) is 7.34. The summed E-state index contributed by atoms with van der Waals surface area (Å²) in [7, 11) is 0. The Morgan fingerprint density at radius 2 is 2.17 bits per heavy atom. The predicted octanol–water partition coefficient (Wildman–Crippen LogP) is 3.44. The fourth-order valence-corrected chi connectivity index (χ4v) is 3.49. The molecule has 1 saturated heterocycles. The van der Waals surface area contributed by atoms with E-state index in [0.717, 1.165) is 6.42 Å². The average Bonchev–Trinajstić information content (AvgIpc) is 3.20. The third-order valence-electron chi connectivity index (χ3n) is 3.99. The van der Waals surface area contributed by atoms with Crippen molar-refractivity contribution >= 4 is 28.8 Å². The summed E-state index contributed by atoms with van der Waals surface area (Å²) in [5, 5.41) is 4.66. The van der Waals surface area contributed by atoms with Gasteiger partial charge in [0.15, 0.2) is 0 Å². The molecule has 2 aromatic rings. The quantitative estimate of drug-likeness (QED) is 0.936. The molecule has 1 aliphatic heterocycles. The Balaban J connectivity index is 1.74. The molecule has 0 unspecified atom stereocenters. The highest BCUT2D eigenvalue weighted by molar-refractivity contribution is 7.12. The normalized spacial score (nSPS) is 17.3. The van der Waals surface area contributed by atoms with Crippen molar-refractivity contribution in [3.63, 3.8) is 0 Å². The van der Waals surface area contributed by atoms with Crippen LogP contribution in [0.4, 0.5) is 10.1 Å². The van der Waals surface area contributed by atoms with E-state index in [1.807, 2.05) is 11.4 Å². The summed E-state index contributed by atoms with van der Waals surface area (Å²) in [6.45, 7) is 2.32. The summed E-state index contributed by atoms with van der Waals surface area (Å²) < 4.78 is 13.1. The van der Waals surface area contributed by atoms with Crippen LogP contribution in [0.1, 0.15) is 28.1 Å². The maximum atomic E-state index is 13.1. The average molecular weight is 332 g/mol. The molecular formula is C17H17FN2O2S. The second kappa shape index (κ2) is 6.50. The molecule has 1 aliphatic rings. The lowest BCUT2D eigenvalue weighted by Gasteiger charge is -2.23. The zero-order valence-corrected chi connectivity index (χ0v) is 13.5. The fraction of sp³-hybridized carbons (Fsp3) is 0.294. The molecule has 4 nitrogen and oxygen atoms in total. The Bertz CT molecular complexity index is 730. The van der Waals surface area contributed by atoms with Gasteiger partial charge in [0, 0.05) is 12.2 Å². The lowest BCUT2D eigenvalue weighted by molar-refractivity contribution is -0.119. The van der Waals surface area contributed by atoms with Crippen molar-refractivity contribution in [2.75, 3.05) is 11.9 Å². The van der Waals surface area contributed by atoms with Crippen LogP contribution in [0.5, 0.6) is 0 Å². The number of hydrogen-bond acceptors (Lipinski definition) is 3. The Labute approximate surface area is 137 Å². The number of carbonyl (C=O) groups excluding carboxylic acids is 2. The number of nitrogens with zero attached hydrogens (tertiary/aromatic N) is 1. The molecule has 1 N–H and O–H groups in total. The largest absolute Gasteiger partial charge is 0.326 e. The minimum atomic E-state index is -0.478. The number of anilines is 1. The Hall–Kier alpha value is -2.21. The van der Waals surface area contributed by atoms with Gasteiger partial charge < -0.3 is 10.2 Å². The van der Waals surface area contributed by atoms with E-state index in [2.05, 4.69) is 5.32 Å². The molecule has 0 bridgehead atoms. The molecule has 3 rings (SSSR count). The number of benzene rings is 1. The van der Waals surface area contributed by atoms with E-state index in [9.17, 15) is 14.0 Å². The highest BCUT2D eigenvalue weighted by Gasteiger charge is 2.35. The summed E-state index contributed by atoms with van der Waals surface area (Å²) in [6.07, 6.45) is 1.45. The van der Waals surface area contributed by atoms with Crippen LogP contribution >= 0.6 is 11.3 Å². The van der Waals surface area contributed by atoms with Gasteiger partial charge in [0.1, 0.15) is 11.9 Å². The molecule has 120 valence electrons. The van der Waals surface area contributed by atoms with Crippen LogP contribution < -0.4 is 5.32 Å². The highest BCUT2D eigenvalue weighted by Crippen LogP contribution is 2.24. The smallest absolute Gasteiger partial charge is 0.264 e. The van der Waals surface area contributed by atoms with Gasteiger partial charge in [-0.1, -0.05) is 6.07 Å². The highest BCUT2D eigenvalue weighted by atomic mass is 32.1.